The molecule has 1 atom stereocenters. The second-order valence-electron chi connectivity index (χ2n) is 4.56. The summed E-state index contributed by atoms with van der Waals surface area (Å²) in [5, 5.41) is 7.57. The van der Waals surface area contributed by atoms with Crippen molar-refractivity contribution in [1.82, 2.24) is 25.1 Å². The standard InChI is InChI=1S/C13H19N5/c1-10(2)18-13(16-9-17-18)12(14-3)7-11-5-4-6-15-8-11/h4-6,8-10,12,14H,7H2,1-3H3. The molecule has 0 aromatic carbocycles. The third-order valence-corrected chi connectivity index (χ3v) is 2.91. The van der Waals surface area contributed by atoms with Gasteiger partial charge in [-0.25, -0.2) is 9.67 Å². The number of likely N-dealkylation sites (N-methyl/N-ethyl adjacent to an activating group) is 1. The summed E-state index contributed by atoms with van der Waals surface area (Å²) in [6.07, 6.45) is 6.15. The molecule has 0 aliphatic carbocycles. The first-order valence-corrected chi connectivity index (χ1v) is 6.18. The largest absolute Gasteiger partial charge is 0.310 e. The minimum Gasteiger partial charge on any atom is -0.310 e. The van der Waals surface area contributed by atoms with Crippen LogP contribution >= 0.6 is 0 Å². The fourth-order valence-corrected chi connectivity index (χ4v) is 1.98. The minimum absolute atomic E-state index is 0.152. The first-order valence-electron chi connectivity index (χ1n) is 6.18. The first-order chi connectivity index (χ1) is 8.72. The first kappa shape index (κ1) is 12.7. The van der Waals surface area contributed by atoms with Crippen molar-refractivity contribution in [2.75, 3.05) is 7.05 Å². The quantitative estimate of drug-likeness (QED) is 0.872. The van der Waals surface area contributed by atoms with Gasteiger partial charge in [0.25, 0.3) is 0 Å². The molecule has 0 aliphatic heterocycles. The molecule has 0 aliphatic rings. The van der Waals surface area contributed by atoms with Crippen LogP contribution in [0, 0.1) is 0 Å². The Kier molecular flexibility index (Phi) is 4.04. The Hall–Kier alpha value is -1.75. The molecule has 5 heteroatoms. The van der Waals surface area contributed by atoms with E-state index < -0.39 is 0 Å². The number of nitrogens with one attached hydrogen (secondary N) is 1. The van der Waals surface area contributed by atoms with E-state index in [0.29, 0.717) is 6.04 Å². The molecule has 0 amide bonds. The molecule has 0 fully saturated rings. The number of rotatable bonds is 5. The van der Waals surface area contributed by atoms with Gasteiger partial charge in [-0.05, 0) is 38.9 Å². The smallest absolute Gasteiger partial charge is 0.144 e. The highest BCUT2D eigenvalue weighted by Crippen LogP contribution is 2.17. The average molecular weight is 245 g/mol. The Labute approximate surface area is 107 Å². The van der Waals surface area contributed by atoms with Crippen molar-refractivity contribution in [2.45, 2.75) is 32.4 Å². The second-order valence-corrected chi connectivity index (χ2v) is 4.56. The monoisotopic (exact) mass is 245 g/mol. The summed E-state index contributed by atoms with van der Waals surface area (Å²) in [5.74, 6) is 0.969. The molecule has 1 N–H and O–H groups in total. The fourth-order valence-electron chi connectivity index (χ4n) is 1.98. The number of hydrogen-bond donors (Lipinski definition) is 1. The lowest BCUT2D eigenvalue weighted by Gasteiger charge is -2.18. The lowest BCUT2D eigenvalue weighted by atomic mass is 10.1. The van der Waals surface area contributed by atoms with E-state index in [1.807, 2.05) is 24.0 Å². The fraction of sp³-hybridized carbons (Fsp3) is 0.462. The summed E-state index contributed by atoms with van der Waals surface area (Å²) >= 11 is 0. The summed E-state index contributed by atoms with van der Waals surface area (Å²) in [7, 11) is 1.94. The molecule has 2 heterocycles. The molecule has 5 nitrogen and oxygen atoms in total. The SMILES string of the molecule is CNC(Cc1cccnc1)c1ncnn1C(C)C. The van der Waals surface area contributed by atoms with Crippen molar-refractivity contribution in [3.05, 3.63) is 42.2 Å². The van der Waals surface area contributed by atoms with Gasteiger partial charge in [-0.15, -0.1) is 0 Å². The molecule has 0 saturated carbocycles. The second kappa shape index (κ2) is 5.73. The zero-order chi connectivity index (χ0) is 13.0. The molecule has 2 rings (SSSR count). The van der Waals surface area contributed by atoms with Crippen molar-refractivity contribution in [2.24, 2.45) is 0 Å². The zero-order valence-corrected chi connectivity index (χ0v) is 11.0. The summed E-state index contributed by atoms with van der Waals surface area (Å²) < 4.78 is 1.96. The Morgan fingerprint density at radius 2 is 2.22 bits per heavy atom. The lowest BCUT2D eigenvalue weighted by Crippen LogP contribution is -2.24. The Morgan fingerprint density at radius 3 is 2.83 bits per heavy atom. The molecule has 2 aromatic heterocycles. The highest BCUT2D eigenvalue weighted by atomic mass is 15.4. The van der Waals surface area contributed by atoms with E-state index in [4.69, 9.17) is 0 Å². The van der Waals surface area contributed by atoms with Crippen LogP contribution < -0.4 is 5.32 Å². The van der Waals surface area contributed by atoms with E-state index in [1.165, 1.54) is 5.56 Å². The van der Waals surface area contributed by atoms with Gasteiger partial charge in [-0.1, -0.05) is 6.07 Å². The van der Waals surface area contributed by atoms with E-state index in [2.05, 4.69) is 40.3 Å². The van der Waals surface area contributed by atoms with Gasteiger partial charge >= 0.3 is 0 Å². The van der Waals surface area contributed by atoms with Gasteiger partial charge in [0.2, 0.25) is 0 Å². The molecule has 96 valence electrons. The van der Waals surface area contributed by atoms with Crippen molar-refractivity contribution in [3.63, 3.8) is 0 Å². The molecule has 0 spiro atoms. The zero-order valence-electron chi connectivity index (χ0n) is 11.0. The van der Waals surface area contributed by atoms with Crippen LogP contribution in [0.25, 0.3) is 0 Å². The Morgan fingerprint density at radius 1 is 1.39 bits per heavy atom. The molecular formula is C13H19N5. The third kappa shape index (κ3) is 2.73. The topological polar surface area (TPSA) is 55.6 Å². The van der Waals surface area contributed by atoms with Gasteiger partial charge in [0.05, 0.1) is 6.04 Å². The Balaban J connectivity index is 2.21. The van der Waals surface area contributed by atoms with Crippen molar-refractivity contribution in [3.8, 4) is 0 Å². The number of pyridine rings is 1. The predicted molar refractivity (Wildman–Crippen MR) is 70.1 cm³/mol. The van der Waals surface area contributed by atoms with Gasteiger partial charge in [0.1, 0.15) is 12.2 Å². The number of hydrogen-bond acceptors (Lipinski definition) is 4. The van der Waals surface area contributed by atoms with Crippen LogP contribution in [0.4, 0.5) is 0 Å². The molecule has 0 bridgehead atoms. The van der Waals surface area contributed by atoms with E-state index in [-0.39, 0.29) is 6.04 Å². The third-order valence-electron chi connectivity index (χ3n) is 2.91. The van der Waals surface area contributed by atoms with Crippen LogP contribution in [-0.4, -0.2) is 26.8 Å². The molecule has 0 radical (unpaired) electrons. The number of nitrogens with zero attached hydrogens (tertiary/aromatic N) is 4. The summed E-state index contributed by atoms with van der Waals surface area (Å²) in [6.45, 7) is 4.21. The van der Waals surface area contributed by atoms with Crippen LogP contribution in [0.3, 0.4) is 0 Å². The maximum atomic E-state index is 4.37. The molecule has 2 aromatic rings. The summed E-state index contributed by atoms with van der Waals surface area (Å²) in [4.78, 5) is 8.51. The highest BCUT2D eigenvalue weighted by molar-refractivity contribution is 5.12. The Bertz CT molecular complexity index is 477. The normalized spacial score (nSPS) is 12.9. The van der Waals surface area contributed by atoms with Gasteiger partial charge in [-0.3, -0.25) is 4.98 Å². The van der Waals surface area contributed by atoms with Crippen molar-refractivity contribution < 1.29 is 0 Å². The van der Waals surface area contributed by atoms with E-state index in [0.717, 1.165) is 12.2 Å². The lowest BCUT2D eigenvalue weighted by molar-refractivity contribution is 0.451. The van der Waals surface area contributed by atoms with E-state index in [9.17, 15) is 0 Å². The molecule has 1 unspecified atom stereocenters. The van der Waals surface area contributed by atoms with Gasteiger partial charge < -0.3 is 5.32 Å². The molecule has 0 saturated heterocycles. The maximum absolute atomic E-state index is 4.37. The van der Waals surface area contributed by atoms with Gasteiger partial charge in [0, 0.05) is 18.4 Å². The van der Waals surface area contributed by atoms with Gasteiger partial charge in [0.15, 0.2) is 0 Å². The summed E-state index contributed by atoms with van der Waals surface area (Å²) in [6, 6.07) is 4.49. The highest BCUT2D eigenvalue weighted by Gasteiger charge is 2.18. The molecular weight excluding hydrogens is 226 g/mol. The van der Waals surface area contributed by atoms with E-state index in [1.54, 1.807) is 12.5 Å². The van der Waals surface area contributed by atoms with Crippen molar-refractivity contribution in [1.29, 1.82) is 0 Å². The van der Waals surface area contributed by atoms with Crippen LogP contribution in [0.15, 0.2) is 30.9 Å². The van der Waals surface area contributed by atoms with Crippen LogP contribution in [0.2, 0.25) is 0 Å². The van der Waals surface area contributed by atoms with Crippen molar-refractivity contribution >= 4 is 0 Å². The number of aromatic nitrogens is 4. The minimum atomic E-state index is 0.152. The van der Waals surface area contributed by atoms with Crippen LogP contribution in [0.5, 0.6) is 0 Å². The van der Waals surface area contributed by atoms with Crippen LogP contribution in [-0.2, 0) is 6.42 Å². The maximum Gasteiger partial charge on any atom is 0.144 e. The predicted octanol–water partition coefficient (Wildman–Crippen LogP) is 1.76. The van der Waals surface area contributed by atoms with Gasteiger partial charge in [-0.2, -0.15) is 5.10 Å². The average Bonchev–Trinajstić information content (AvgIpc) is 2.86. The molecule has 18 heavy (non-hydrogen) atoms. The van der Waals surface area contributed by atoms with Crippen LogP contribution in [0.1, 0.15) is 37.3 Å². The van der Waals surface area contributed by atoms with E-state index >= 15 is 0 Å². The summed E-state index contributed by atoms with van der Waals surface area (Å²) in [5.41, 5.74) is 1.19.